The molecule has 0 aliphatic heterocycles. The summed E-state index contributed by atoms with van der Waals surface area (Å²) in [6.45, 7) is 0. The minimum atomic E-state index is -4.18. The maximum absolute atomic E-state index is 12.4. The van der Waals surface area contributed by atoms with Crippen molar-refractivity contribution >= 4 is 48.0 Å². The highest BCUT2D eigenvalue weighted by Gasteiger charge is 2.24. The van der Waals surface area contributed by atoms with E-state index in [0.29, 0.717) is 0 Å². The highest BCUT2D eigenvalue weighted by molar-refractivity contribution is 14.1. The Labute approximate surface area is 102 Å². The number of alkyl halides is 2. The smallest absolute Gasteiger partial charge is 0.267 e. The van der Waals surface area contributed by atoms with Crippen molar-refractivity contribution in [1.82, 2.24) is 4.98 Å². The maximum Gasteiger partial charge on any atom is 0.267 e. The Morgan fingerprint density at radius 1 is 1.53 bits per heavy atom. The van der Waals surface area contributed by atoms with Crippen molar-refractivity contribution < 1.29 is 17.2 Å². The van der Waals surface area contributed by atoms with Crippen molar-refractivity contribution in [3.8, 4) is 0 Å². The van der Waals surface area contributed by atoms with Gasteiger partial charge in [0.15, 0.2) is 0 Å². The van der Waals surface area contributed by atoms with Crippen molar-refractivity contribution in [1.29, 1.82) is 0 Å². The molecule has 1 aromatic rings. The minimum absolute atomic E-state index is 0.0375. The number of hydrogen-bond acceptors (Lipinski definition) is 4. The SMILES string of the molecule is Nc1c(C(F)F)cnc(I)c1S(=O)(=O)Cl. The largest absolute Gasteiger partial charge is 0.397 e. The number of halogens is 4. The topological polar surface area (TPSA) is 73.0 Å². The van der Waals surface area contributed by atoms with E-state index < -0.39 is 31.6 Å². The fourth-order valence-corrected chi connectivity index (χ4v) is 3.70. The normalized spacial score (nSPS) is 12.1. The maximum atomic E-state index is 12.4. The summed E-state index contributed by atoms with van der Waals surface area (Å²) in [5, 5.41) is 0. The summed E-state index contributed by atoms with van der Waals surface area (Å²) in [5.74, 6) is 0. The van der Waals surface area contributed by atoms with Crippen LogP contribution in [0.4, 0.5) is 14.5 Å². The van der Waals surface area contributed by atoms with E-state index in [1.165, 1.54) is 0 Å². The van der Waals surface area contributed by atoms with Gasteiger partial charge in [0.05, 0.1) is 11.3 Å². The number of nitrogens with two attached hydrogens (primary N) is 1. The van der Waals surface area contributed by atoms with Crippen LogP contribution >= 0.6 is 33.3 Å². The fourth-order valence-electron chi connectivity index (χ4n) is 0.902. The van der Waals surface area contributed by atoms with E-state index in [-0.39, 0.29) is 3.70 Å². The Hall–Kier alpha value is -0.220. The van der Waals surface area contributed by atoms with E-state index in [9.17, 15) is 17.2 Å². The molecule has 0 radical (unpaired) electrons. The molecule has 1 heterocycles. The second-order valence-electron chi connectivity index (χ2n) is 2.49. The summed E-state index contributed by atoms with van der Waals surface area (Å²) in [6, 6.07) is 0. The number of anilines is 1. The zero-order valence-corrected chi connectivity index (χ0v) is 10.6. The first-order chi connectivity index (χ1) is 6.75. The van der Waals surface area contributed by atoms with Gasteiger partial charge in [-0.1, -0.05) is 0 Å². The summed E-state index contributed by atoms with van der Waals surface area (Å²) in [7, 11) is 0.872. The lowest BCUT2D eigenvalue weighted by Crippen LogP contribution is -2.07. The van der Waals surface area contributed by atoms with E-state index in [2.05, 4.69) is 4.98 Å². The number of rotatable bonds is 2. The Morgan fingerprint density at radius 3 is 2.47 bits per heavy atom. The molecule has 1 aromatic heterocycles. The second kappa shape index (κ2) is 4.34. The first kappa shape index (κ1) is 12.8. The predicted molar refractivity (Wildman–Crippen MR) is 59.4 cm³/mol. The van der Waals surface area contributed by atoms with Gasteiger partial charge in [-0.05, 0) is 22.6 Å². The van der Waals surface area contributed by atoms with Crippen LogP contribution in [0.5, 0.6) is 0 Å². The molecule has 0 aromatic carbocycles. The molecule has 4 nitrogen and oxygen atoms in total. The van der Waals surface area contributed by atoms with Crippen molar-refractivity contribution in [2.45, 2.75) is 11.3 Å². The average Bonchev–Trinajstić information content (AvgIpc) is 2.00. The van der Waals surface area contributed by atoms with Crippen LogP contribution in [0.1, 0.15) is 12.0 Å². The van der Waals surface area contributed by atoms with Crippen LogP contribution < -0.4 is 5.73 Å². The molecule has 15 heavy (non-hydrogen) atoms. The highest BCUT2D eigenvalue weighted by atomic mass is 127. The molecule has 2 N–H and O–H groups in total. The molecule has 0 fully saturated rings. The molecule has 0 spiro atoms. The Balaban J connectivity index is 3.59. The van der Waals surface area contributed by atoms with Crippen LogP contribution in [0.3, 0.4) is 0 Å². The number of hydrogen-bond donors (Lipinski definition) is 1. The van der Waals surface area contributed by atoms with Crippen molar-refractivity contribution in [2.75, 3.05) is 5.73 Å². The van der Waals surface area contributed by atoms with Crippen LogP contribution in [0, 0.1) is 3.70 Å². The van der Waals surface area contributed by atoms with Gasteiger partial charge < -0.3 is 5.73 Å². The van der Waals surface area contributed by atoms with Crippen LogP contribution in [-0.4, -0.2) is 13.4 Å². The van der Waals surface area contributed by atoms with Gasteiger partial charge in [-0.15, -0.1) is 0 Å². The molecule has 0 aliphatic rings. The monoisotopic (exact) mass is 368 g/mol. The van der Waals surface area contributed by atoms with Gasteiger partial charge in [0.25, 0.3) is 15.5 Å². The molecule has 0 amide bonds. The van der Waals surface area contributed by atoms with E-state index in [0.717, 1.165) is 6.20 Å². The molecular formula is C6H4ClF2IN2O2S. The van der Waals surface area contributed by atoms with Crippen molar-refractivity contribution in [2.24, 2.45) is 0 Å². The van der Waals surface area contributed by atoms with E-state index in [1.807, 2.05) is 0 Å². The summed E-state index contributed by atoms with van der Waals surface area (Å²) < 4.78 is 46.8. The predicted octanol–water partition coefficient (Wildman–Crippen LogP) is 2.13. The molecular weight excluding hydrogens is 364 g/mol. The number of aromatic nitrogens is 1. The first-order valence-corrected chi connectivity index (χ1v) is 6.80. The number of pyridine rings is 1. The van der Waals surface area contributed by atoms with Crippen LogP contribution in [0.15, 0.2) is 11.1 Å². The summed E-state index contributed by atoms with van der Waals surface area (Å²) in [6.07, 6.45) is -2.07. The molecule has 0 aliphatic carbocycles. The molecule has 9 heteroatoms. The third-order valence-electron chi connectivity index (χ3n) is 1.54. The van der Waals surface area contributed by atoms with Gasteiger partial charge in [0, 0.05) is 16.9 Å². The average molecular weight is 369 g/mol. The van der Waals surface area contributed by atoms with Crippen LogP contribution in [-0.2, 0) is 9.05 Å². The Bertz CT molecular complexity index is 494. The Kier molecular flexibility index (Phi) is 3.71. The lowest BCUT2D eigenvalue weighted by atomic mass is 10.2. The van der Waals surface area contributed by atoms with Gasteiger partial charge in [-0.3, -0.25) is 0 Å². The van der Waals surface area contributed by atoms with Gasteiger partial charge in [-0.2, -0.15) is 0 Å². The van der Waals surface area contributed by atoms with Gasteiger partial charge >= 0.3 is 0 Å². The highest BCUT2D eigenvalue weighted by Crippen LogP contribution is 2.33. The third-order valence-corrected chi connectivity index (χ3v) is 4.09. The first-order valence-electron chi connectivity index (χ1n) is 3.42. The summed E-state index contributed by atoms with van der Waals surface area (Å²) >= 11 is 1.55. The molecule has 0 atom stereocenters. The fraction of sp³-hybridized carbons (Fsp3) is 0.167. The Morgan fingerprint density at radius 2 is 2.07 bits per heavy atom. The molecule has 0 saturated heterocycles. The molecule has 84 valence electrons. The lowest BCUT2D eigenvalue weighted by Gasteiger charge is -2.08. The zero-order valence-electron chi connectivity index (χ0n) is 6.92. The number of nitrogens with zero attached hydrogens (tertiary/aromatic N) is 1. The lowest BCUT2D eigenvalue weighted by molar-refractivity contribution is 0.151. The van der Waals surface area contributed by atoms with Gasteiger partial charge in [0.2, 0.25) is 0 Å². The van der Waals surface area contributed by atoms with E-state index in [4.69, 9.17) is 16.4 Å². The molecule has 0 unspecified atom stereocenters. The van der Waals surface area contributed by atoms with Crippen molar-refractivity contribution in [3.63, 3.8) is 0 Å². The van der Waals surface area contributed by atoms with Gasteiger partial charge in [0.1, 0.15) is 8.60 Å². The minimum Gasteiger partial charge on any atom is -0.397 e. The summed E-state index contributed by atoms with van der Waals surface area (Å²) in [4.78, 5) is 2.92. The third kappa shape index (κ3) is 2.67. The van der Waals surface area contributed by atoms with Crippen LogP contribution in [0.2, 0.25) is 0 Å². The molecule has 1 rings (SSSR count). The molecule has 0 bridgehead atoms. The van der Waals surface area contributed by atoms with Crippen molar-refractivity contribution in [3.05, 3.63) is 15.5 Å². The summed E-state index contributed by atoms with van der Waals surface area (Å²) in [5.41, 5.74) is 4.08. The van der Waals surface area contributed by atoms with Gasteiger partial charge in [-0.25, -0.2) is 22.2 Å². The number of nitrogen functional groups attached to an aromatic ring is 1. The van der Waals surface area contributed by atoms with E-state index >= 15 is 0 Å². The standard InChI is InChI=1S/C6H4ClF2IN2O2S/c7-15(13,14)4-3(11)2(5(8)9)1-12-6(4)10/h1,5H,(H2,11,12). The van der Waals surface area contributed by atoms with E-state index in [1.54, 1.807) is 22.6 Å². The quantitative estimate of drug-likeness (QED) is 0.493. The van der Waals surface area contributed by atoms with Crippen LogP contribution in [0.25, 0.3) is 0 Å². The zero-order chi connectivity index (χ0) is 11.8. The second-order valence-corrected chi connectivity index (χ2v) is 6.01. The molecule has 0 saturated carbocycles.